The Morgan fingerprint density at radius 3 is 2.64 bits per heavy atom. The lowest BCUT2D eigenvalue weighted by atomic mass is 10.1. The van der Waals surface area contributed by atoms with Crippen LogP contribution in [0, 0.1) is 11.3 Å². The molecule has 0 spiro atoms. The van der Waals surface area contributed by atoms with Crippen molar-refractivity contribution >= 4 is 0 Å². The number of aliphatic hydroxyl groups is 1. The van der Waals surface area contributed by atoms with Crippen LogP contribution in [0.25, 0.3) is 0 Å². The monoisotopic (exact) mass is 193 g/mol. The van der Waals surface area contributed by atoms with Gasteiger partial charge >= 0.3 is 0 Å². The van der Waals surface area contributed by atoms with Gasteiger partial charge in [-0.3, -0.25) is 0 Å². The van der Waals surface area contributed by atoms with E-state index in [1.807, 2.05) is 12.1 Å². The molecule has 78 valence electrons. The van der Waals surface area contributed by atoms with Gasteiger partial charge < -0.3 is 5.11 Å². The molecular weight excluding hydrogens is 174 g/mol. The number of unbranched alkanes of at least 4 members (excludes halogenated alkanes) is 4. The van der Waals surface area contributed by atoms with E-state index < -0.39 is 6.10 Å². The van der Waals surface area contributed by atoms with Gasteiger partial charge in [-0.25, -0.2) is 0 Å². The van der Waals surface area contributed by atoms with Gasteiger partial charge in [0.1, 0.15) is 0 Å². The average molecular weight is 193 g/mol. The normalized spacial score (nSPS) is 12.6. The molecule has 0 rings (SSSR count). The summed E-state index contributed by atoms with van der Waals surface area (Å²) in [5.74, 6) is 0. The van der Waals surface area contributed by atoms with Crippen LogP contribution in [0.3, 0.4) is 0 Å². The van der Waals surface area contributed by atoms with Crippen LogP contribution in [-0.4, -0.2) is 11.2 Å². The first-order valence-electron chi connectivity index (χ1n) is 5.16. The van der Waals surface area contributed by atoms with Crippen LogP contribution in [0.5, 0.6) is 0 Å². The summed E-state index contributed by atoms with van der Waals surface area (Å²) >= 11 is 0. The molecule has 0 aliphatic heterocycles. The highest BCUT2D eigenvalue weighted by atomic mass is 16.3. The maximum atomic E-state index is 9.33. The van der Waals surface area contributed by atoms with E-state index in [1.165, 1.54) is 18.9 Å². The Kier molecular flexibility index (Phi) is 9.25. The molecule has 0 aromatic carbocycles. The Balaban J connectivity index is 3.23. The van der Waals surface area contributed by atoms with Crippen molar-refractivity contribution in [3.05, 3.63) is 24.8 Å². The molecular formula is C12H19NO. The van der Waals surface area contributed by atoms with Gasteiger partial charge in [-0.1, -0.05) is 25.3 Å². The van der Waals surface area contributed by atoms with E-state index in [9.17, 15) is 5.11 Å². The first-order chi connectivity index (χ1) is 6.81. The third-order valence-corrected chi connectivity index (χ3v) is 2.05. The Morgan fingerprint density at radius 1 is 1.29 bits per heavy atom. The molecule has 2 nitrogen and oxygen atoms in total. The summed E-state index contributed by atoms with van der Waals surface area (Å²) in [5, 5.41) is 17.6. The Labute approximate surface area is 86.6 Å². The molecule has 1 unspecified atom stereocenters. The third-order valence-electron chi connectivity index (χ3n) is 2.05. The average Bonchev–Trinajstić information content (AvgIpc) is 2.20. The Hall–Kier alpha value is -1.07. The molecule has 0 saturated heterocycles. The van der Waals surface area contributed by atoms with Gasteiger partial charge in [-0.05, 0) is 25.3 Å². The molecule has 0 bridgehead atoms. The van der Waals surface area contributed by atoms with E-state index >= 15 is 0 Å². The van der Waals surface area contributed by atoms with Crippen molar-refractivity contribution in [1.82, 2.24) is 0 Å². The van der Waals surface area contributed by atoms with Crippen molar-refractivity contribution in [3.8, 4) is 6.07 Å². The summed E-state index contributed by atoms with van der Waals surface area (Å²) in [4.78, 5) is 0. The van der Waals surface area contributed by atoms with Gasteiger partial charge in [-0.15, -0.1) is 6.58 Å². The highest BCUT2D eigenvalue weighted by Crippen LogP contribution is 2.08. The topological polar surface area (TPSA) is 44.0 Å². The number of allylic oxidation sites excluding steroid dienone is 2. The van der Waals surface area contributed by atoms with E-state index in [-0.39, 0.29) is 0 Å². The number of rotatable bonds is 8. The Morgan fingerprint density at radius 2 is 2.00 bits per heavy atom. The minimum absolute atomic E-state index is 0.450. The van der Waals surface area contributed by atoms with Gasteiger partial charge in [0, 0.05) is 6.08 Å². The molecule has 14 heavy (non-hydrogen) atoms. The number of hydrogen-bond donors (Lipinski definition) is 1. The van der Waals surface area contributed by atoms with E-state index in [0.717, 1.165) is 25.7 Å². The molecule has 1 atom stereocenters. The van der Waals surface area contributed by atoms with Crippen molar-refractivity contribution < 1.29 is 5.11 Å². The van der Waals surface area contributed by atoms with Crippen molar-refractivity contribution in [2.24, 2.45) is 0 Å². The number of hydrogen-bond acceptors (Lipinski definition) is 2. The minimum Gasteiger partial charge on any atom is -0.389 e. The van der Waals surface area contributed by atoms with Crippen LogP contribution in [0.4, 0.5) is 0 Å². The van der Waals surface area contributed by atoms with E-state index in [2.05, 4.69) is 6.58 Å². The zero-order chi connectivity index (χ0) is 10.6. The fraction of sp³-hybridized carbons (Fsp3) is 0.583. The molecule has 0 aliphatic rings. The molecule has 0 saturated carbocycles. The smallest absolute Gasteiger partial charge is 0.0909 e. The second kappa shape index (κ2) is 10.0. The molecule has 0 fully saturated rings. The second-order valence-electron chi connectivity index (χ2n) is 3.34. The van der Waals surface area contributed by atoms with Gasteiger partial charge in [0.15, 0.2) is 0 Å². The maximum Gasteiger partial charge on any atom is 0.0909 e. The van der Waals surface area contributed by atoms with Gasteiger partial charge in [0.05, 0.1) is 12.2 Å². The van der Waals surface area contributed by atoms with E-state index in [4.69, 9.17) is 5.26 Å². The number of nitrogens with zero attached hydrogens (tertiary/aromatic N) is 1. The Bertz CT molecular complexity index is 203. The lowest BCUT2D eigenvalue weighted by Crippen LogP contribution is -2.01. The summed E-state index contributed by atoms with van der Waals surface area (Å²) in [6, 6.07) is 1.87. The number of aliphatic hydroxyl groups excluding tert-OH is 1. The second-order valence-corrected chi connectivity index (χ2v) is 3.34. The summed E-state index contributed by atoms with van der Waals surface area (Å²) < 4.78 is 0. The van der Waals surface area contributed by atoms with Crippen molar-refractivity contribution in [2.75, 3.05) is 0 Å². The summed E-state index contributed by atoms with van der Waals surface area (Å²) in [6.45, 7) is 3.66. The standard InChI is InChI=1S/C12H19NO/c1-2-3-4-5-6-7-9-12(14)10-8-11-13/h2,8,10,12,14H,1,3-7,9H2/b10-8+. The van der Waals surface area contributed by atoms with Gasteiger partial charge in [0.2, 0.25) is 0 Å². The fourth-order valence-electron chi connectivity index (χ4n) is 1.25. The van der Waals surface area contributed by atoms with Crippen LogP contribution in [0.1, 0.15) is 38.5 Å². The largest absolute Gasteiger partial charge is 0.389 e. The highest BCUT2D eigenvalue weighted by molar-refractivity contribution is 5.04. The predicted molar refractivity (Wildman–Crippen MR) is 58.7 cm³/mol. The summed E-state index contributed by atoms with van der Waals surface area (Å²) in [6.07, 6.45) is 10.8. The van der Waals surface area contributed by atoms with Crippen molar-refractivity contribution in [3.63, 3.8) is 0 Å². The van der Waals surface area contributed by atoms with Crippen molar-refractivity contribution in [1.29, 1.82) is 5.26 Å². The fourth-order valence-corrected chi connectivity index (χ4v) is 1.25. The lowest BCUT2D eigenvalue weighted by Gasteiger charge is -2.03. The SMILES string of the molecule is C=CCCCCCCC(O)/C=C/C#N. The lowest BCUT2D eigenvalue weighted by molar-refractivity contribution is 0.208. The third kappa shape index (κ3) is 9.02. The molecule has 0 amide bonds. The molecule has 0 radical (unpaired) electrons. The predicted octanol–water partition coefficient (Wildman–Crippen LogP) is 2.95. The van der Waals surface area contributed by atoms with Gasteiger partial charge in [-0.2, -0.15) is 5.26 Å². The zero-order valence-corrected chi connectivity index (χ0v) is 8.65. The van der Waals surface area contributed by atoms with E-state index in [1.54, 1.807) is 6.08 Å². The van der Waals surface area contributed by atoms with Crippen LogP contribution in [-0.2, 0) is 0 Å². The van der Waals surface area contributed by atoms with Gasteiger partial charge in [0.25, 0.3) is 0 Å². The summed E-state index contributed by atoms with van der Waals surface area (Å²) in [5.41, 5.74) is 0. The molecule has 0 aromatic rings. The van der Waals surface area contributed by atoms with E-state index in [0.29, 0.717) is 0 Å². The first kappa shape index (κ1) is 12.9. The van der Waals surface area contributed by atoms with Crippen LogP contribution >= 0.6 is 0 Å². The molecule has 0 heterocycles. The highest BCUT2D eigenvalue weighted by Gasteiger charge is 1.97. The summed E-state index contributed by atoms with van der Waals surface area (Å²) in [7, 11) is 0. The van der Waals surface area contributed by atoms with Crippen LogP contribution < -0.4 is 0 Å². The van der Waals surface area contributed by atoms with Crippen LogP contribution in [0.2, 0.25) is 0 Å². The zero-order valence-electron chi connectivity index (χ0n) is 8.65. The number of nitriles is 1. The minimum atomic E-state index is -0.450. The molecule has 0 aromatic heterocycles. The molecule has 2 heteroatoms. The maximum absolute atomic E-state index is 9.33. The van der Waals surface area contributed by atoms with Crippen LogP contribution in [0.15, 0.2) is 24.8 Å². The quantitative estimate of drug-likeness (QED) is 0.366. The first-order valence-corrected chi connectivity index (χ1v) is 5.16. The van der Waals surface area contributed by atoms with Crippen molar-refractivity contribution in [2.45, 2.75) is 44.6 Å². The molecule has 0 aliphatic carbocycles. The molecule has 1 N–H and O–H groups in total.